The second-order valence-electron chi connectivity index (χ2n) is 6.84. The number of benzene rings is 1. The SMILES string of the molecule is CC(C(=O)Nc1cc(C(N)=O)ccc1N1CCCCC1)C1CNC1.Cl. The Bertz CT molecular complexity index is 628. The molecule has 1 unspecified atom stereocenters. The van der Waals surface area contributed by atoms with Crippen molar-refractivity contribution in [3.8, 4) is 0 Å². The number of hydrogen-bond donors (Lipinski definition) is 3. The molecule has 138 valence electrons. The van der Waals surface area contributed by atoms with E-state index in [0.717, 1.165) is 44.7 Å². The van der Waals surface area contributed by atoms with Crippen LogP contribution >= 0.6 is 12.4 Å². The molecule has 2 saturated heterocycles. The third-order valence-corrected chi connectivity index (χ3v) is 5.17. The van der Waals surface area contributed by atoms with E-state index in [1.807, 2.05) is 13.0 Å². The average Bonchev–Trinajstić information content (AvgIpc) is 2.53. The second-order valence-corrected chi connectivity index (χ2v) is 6.84. The highest BCUT2D eigenvalue weighted by Gasteiger charge is 2.29. The summed E-state index contributed by atoms with van der Waals surface area (Å²) in [7, 11) is 0. The van der Waals surface area contributed by atoms with Gasteiger partial charge in [-0.15, -0.1) is 12.4 Å². The van der Waals surface area contributed by atoms with Crippen molar-refractivity contribution in [2.45, 2.75) is 26.2 Å². The molecule has 2 heterocycles. The van der Waals surface area contributed by atoms with Crippen LogP contribution in [0.25, 0.3) is 0 Å². The number of amides is 2. The highest BCUT2D eigenvalue weighted by molar-refractivity contribution is 6.00. The standard InChI is InChI=1S/C18H26N4O2.ClH/c1-12(14-10-20-11-14)18(24)21-15-9-13(17(19)23)5-6-16(15)22-7-3-2-4-8-22;/h5-6,9,12,14,20H,2-4,7-8,10-11H2,1H3,(H2,19,23)(H,21,24);1H. The summed E-state index contributed by atoms with van der Waals surface area (Å²) in [5, 5.41) is 6.23. The number of piperidine rings is 1. The van der Waals surface area contributed by atoms with Crippen LogP contribution < -0.4 is 21.3 Å². The molecule has 0 aromatic heterocycles. The Labute approximate surface area is 154 Å². The zero-order chi connectivity index (χ0) is 17.1. The van der Waals surface area contributed by atoms with Crippen LogP contribution in [0.1, 0.15) is 36.5 Å². The van der Waals surface area contributed by atoms with Gasteiger partial charge in [-0.1, -0.05) is 6.92 Å². The molecule has 0 bridgehead atoms. The Morgan fingerprint density at radius 3 is 2.48 bits per heavy atom. The molecule has 0 radical (unpaired) electrons. The van der Waals surface area contributed by atoms with Gasteiger partial charge in [0.15, 0.2) is 0 Å². The molecule has 1 atom stereocenters. The van der Waals surface area contributed by atoms with E-state index in [-0.39, 0.29) is 24.2 Å². The fourth-order valence-electron chi connectivity index (χ4n) is 3.33. The first-order chi connectivity index (χ1) is 11.6. The maximum Gasteiger partial charge on any atom is 0.248 e. The summed E-state index contributed by atoms with van der Waals surface area (Å²) >= 11 is 0. The van der Waals surface area contributed by atoms with Gasteiger partial charge in [0.25, 0.3) is 0 Å². The number of hydrogen-bond acceptors (Lipinski definition) is 4. The third-order valence-electron chi connectivity index (χ3n) is 5.17. The van der Waals surface area contributed by atoms with Gasteiger partial charge in [0, 0.05) is 24.6 Å². The molecule has 0 spiro atoms. The van der Waals surface area contributed by atoms with Crippen molar-refractivity contribution < 1.29 is 9.59 Å². The largest absolute Gasteiger partial charge is 0.370 e. The fourth-order valence-corrected chi connectivity index (χ4v) is 3.33. The Morgan fingerprint density at radius 1 is 1.24 bits per heavy atom. The van der Waals surface area contributed by atoms with Crippen LogP contribution in [-0.2, 0) is 4.79 Å². The maximum atomic E-state index is 12.6. The van der Waals surface area contributed by atoms with Crippen molar-refractivity contribution in [1.29, 1.82) is 0 Å². The number of primary amides is 1. The number of carbonyl (C=O) groups is 2. The average molecular weight is 367 g/mol. The van der Waals surface area contributed by atoms with E-state index in [4.69, 9.17) is 5.73 Å². The summed E-state index contributed by atoms with van der Waals surface area (Å²) in [5.41, 5.74) is 7.50. The predicted octanol–water partition coefficient (Wildman–Crippen LogP) is 1.99. The van der Waals surface area contributed by atoms with Gasteiger partial charge >= 0.3 is 0 Å². The van der Waals surface area contributed by atoms with E-state index in [1.54, 1.807) is 12.1 Å². The molecular formula is C18H27ClN4O2. The minimum absolute atomic E-state index is 0. The Hall–Kier alpha value is -1.79. The number of anilines is 2. The zero-order valence-corrected chi connectivity index (χ0v) is 15.4. The quantitative estimate of drug-likeness (QED) is 0.743. The summed E-state index contributed by atoms with van der Waals surface area (Å²) in [6.07, 6.45) is 3.54. The molecule has 2 amide bonds. The molecule has 6 nitrogen and oxygen atoms in total. The van der Waals surface area contributed by atoms with Gasteiger partial charge in [0.05, 0.1) is 11.4 Å². The van der Waals surface area contributed by atoms with Crippen LogP contribution in [-0.4, -0.2) is 38.0 Å². The molecule has 7 heteroatoms. The molecule has 1 aromatic carbocycles. The van der Waals surface area contributed by atoms with Crippen molar-refractivity contribution in [2.24, 2.45) is 17.6 Å². The van der Waals surface area contributed by atoms with Gasteiger partial charge < -0.3 is 21.3 Å². The summed E-state index contributed by atoms with van der Waals surface area (Å²) in [4.78, 5) is 26.4. The summed E-state index contributed by atoms with van der Waals surface area (Å²) < 4.78 is 0. The monoisotopic (exact) mass is 366 g/mol. The first kappa shape index (κ1) is 19.5. The van der Waals surface area contributed by atoms with Crippen LogP contribution in [0.15, 0.2) is 18.2 Å². The van der Waals surface area contributed by atoms with Crippen molar-refractivity contribution >= 4 is 35.6 Å². The van der Waals surface area contributed by atoms with E-state index in [0.29, 0.717) is 17.2 Å². The number of carbonyl (C=O) groups excluding carboxylic acids is 2. The molecule has 25 heavy (non-hydrogen) atoms. The van der Waals surface area contributed by atoms with E-state index < -0.39 is 5.91 Å². The molecular weight excluding hydrogens is 340 g/mol. The van der Waals surface area contributed by atoms with Gasteiger partial charge in [0.2, 0.25) is 11.8 Å². The molecule has 0 saturated carbocycles. The minimum atomic E-state index is -0.480. The maximum absolute atomic E-state index is 12.6. The minimum Gasteiger partial charge on any atom is -0.370 e. The third kappa shape index (κ3) is 4.44. The van der Waals surface area contributed by atoms with Gasteiger partial charge in [-0.25, -0.2) is 0 Å². The molecule has 2 fully saturated rings. The normalized spacial score (nSPS) is 18.7. The van der Waals surface area contributed by atoms with Crippen molar-refractivity contribution in [1.82, 2.24) is 5.32 Å². The Morgan fingerprint density at radius 2 is 1.92 bits per heavy atom. The summed E-state index contributed by atoms with van der Waals surface area (Å²) in [6.45, 7) is 5.67. The lowest BCUT2D eigenvalue weighted by atomic mass is 9.88. The predicted molar refractivity (Wildman–Crippen MR) is 102 cm³/mol. The Balaban J connectivity index is 0.00000225. The molecule has 1 aromatic rings. The van der Waals surface area contributed by atoms with Crippen LogP contribution in [0.4, 0.5) is 11.4 Å². The van der Waals surface area contributed by atoms with E-state index >= 15 is 0 Å². The van der Waals surface area contributed by atoms with E-state index in [9.17, 15) is 9.59 Å². The molecule has 2 aliphatic rings. The summed E-state index contributed by atoms with van der Waals surface area (Å²) in [5.74, 6) is -0.159. The number of nitrogens with two attached hydrogens (primary N) is 1. The van der Waals surface area contributed by atoms with Gasteiger partial charge in [-0.2, -0.15) is 0 Å². The van der Waals surface area contributed by atoms with Gasteiger partial charge in [-0.3, -0.25) is 9.59 Å². The van der Waals surface area contributed by atoms with Gasteiger partial charge in [-0.05, 0) is 56.5 Å². The van der Waals surface area contributed by atoms with Crippen LogP contribution in [0.2, 0.25) is 0 Å². The first-order valence-electron chi connectivity index (χ1n) is 8.76. The number of rotatable bonds is 5. The van der Waals surface area contributed by atoms with Crippen LogP contribution in [0, 0.1) is 11.8 Å². The lowest BCUT2D eigenvalue weighted by Gasteiger charge is -2.33. The van der Waals surface area contributed by atoms with Crippen molar-refractivity contribution in [3.05, 3.63) is 23.8 Å². The smallest absolute Gasteiger partial charge is 0.248 e. The molecule has 3 rings (SSSR count). The lowest BCUT2D eigenvalue weighted by Crippen LogP contribution is -2.48. The Kier molecular flexibility index (Phi) is 6.67. The van der Waals surface area contributed by atoms with Gasteiger partial charge in [0.1, 0.15) is 0 Å². The van der Waals surface area contributed by atoms with E-state index in [2.05, 4.69) is 15.5 Å². The molecule has 0 aliphatic carbocycles. The topological polar surface area (TPSA) is 87.5 Å². The highest BCUT2D eigenvalue weighted by Crippen LogP contribution is 2.30. The highest BCUT2D eigenvalue weighted by atomic mass is 35.5. The molecule has 2 aliphatic heterocycles. The van der Waals surface area contributed by atoms with Crippen LogP contribution in [0.5, 0.6) is 0 Å². The number of nitrogens with zero attached hydrogens (tertiary/aromatic N) is 1. The number of nitrogens with one attached hydrogen (secondary N) is 2. The zero-order valence-electron chi connectivity index (χ0n) is 14.6. The van der Waals surface area contributed by atoms with Crippen molar-refractivity contribution in [2.75, 3.05) is 36.4 Å². The summed E-state index contributed by atoms with van der Waals surface area (Å²) in [6, 6.07) is 5.34. The number of halogens is 1. The lowest BCUT2D eigenvalue weighted by molar-refractivity contribution is -0.121. The van der Waals surface area contributed by atoms with Crippen molar-refractivity contribution in [3.63, 3.8) is 0 Å². The first-order valence-corrected chi connectivity index (χ1v) is 8.76. The molecule has 4 N–H and O–H groups in total. The fraction of sp³-hybridized carbons (Fsp3) is 0.556. The second kappa shape index (κ2) is 8.54. The van der Waals surface area contributed by atoms with Crippen LogP contribution in [0.3, 0.4) is 0 Å². The van der Waals surface area contributed by atoms with E-state index in [1.165, 1.54) is 6.42 Å².